The molecule has 0 atom stereocenters. The van der Waals surface area contributed by atoms with Crippen molar-refractivity contribution in [1.82, 2.24) is 4.57 Å². The summed E-state index contributed by atoms with van der Waals surface area (Å²) in [4.78, 5) is 0. The van der Waals surface area contributed by atoms with Crippen LogP contribution in [0.2, 0.25) is 0 Å². The lowest BCUT2D eigenvalue weighted by atomic mass is 10.0. The van der Waals surface area contributed by atoms with Crippen LogP contribution in [-0.2, 0) is 6.54 Å². The smallest absolute Gasteiger partial charge is 0.0568 e. The molecule has 0 aliphatic heterocycles. The van der Waals surface area contributed by atoms with Gasteiger partial charge in [-0.15, -0.1) is 0 Å². The van der Waals surface area contributed by atoms with Crippen LogP contribution in [0.25, 0.3) is 33.6 Å². The lowest BCUT2D eigenvalue weighted by molar-refractivity contribution is 0.823. The Kier molecular flexibility index (Phi) is 5.01. The van der Waals surface area contributed by atoms with Crippen LogP contribution in [0.4, 0.5) is 0 Å². The summed E-state index contributed by atoms with van der Waals surface area (Å²) < 4.78 is 2.46. The first-order chi connectivity index (χ1) is 14.9. The average molecular weight is 386 g/mol. The van der Waals surface area contributed by atoms with Gasteiger partial charge in [-0.05, 0) is 28.3 Å². The van der Waals surface area contributed by atoms with Crippen LogP contribution in [0.15, 0.2) is 127 Å². The number of aromatic nitrogens is 1. The monoisotopic (exact) mass is 385 g/mol. The zero-order valence-corrected chi connectivity index (χ0v) is 16.8. The number of hydrogen-bond acceptors (Lipinski definition) is 0. The molecular formula is C29H23N. The second kappa shape index (κ2) is 8.26. The molecule has 0 saturated heterocycles. The van der Waals surface area contributed by atoms with Crippen LogP contribution in [0.1, 0.15) is 5.56 Å². The number of hydrogen-bond donors (Lipinski definition) is 0. The van der Waals surface area contributed by atoms with Gasteiger partial charge < -0.3 is 4.57 Å². The molecule has 4 aromatic carbocycles. The fourth-order valence-electron chi connectivity index (χ4n) is 4.07. The lowest BCUT2D eigenvalue weighted by Crippen LogP contribution is -2.04. The van der Waals surface area contributed by atoms with Gasteiger partial charge >= 0.3 is 0 Å². The van der Waals surface area contributed by atoms with Gasteiger partial charge in [0.25, 0.3) is 0 Å². The molecule has 0 saturated carbocycles. The van der Waals surface area contributed by atoms with Crippen molar-refractivity contribution >= 4 is 0 Å². The van der Waals surface area contributed by atoms with Crippen molar-refractivity contribution < 1.29 is 0 Å². The van der Waals surface area contributed by atoms with Gasteiger partial charge in [-0.1, -0.05) is 121 Å². The van der Waals surface area contributed by atoms with Gasteiger partial charge in [-0.25, -0.2) is 0 Å². The first kappa shape index (κ1) is 18.2. The van der Waals surface area contributed by atoms with Crippen LogP contribution in [0, 0.1) is 0 Å². The first-order valence-electron chi connectivity index (χ1n) is 10.3. The third kappa shape index (κ3) is 3.58. The van der Waals surface area contributed by atoms with Gasteiger partial charge in [0.05, 0.1) is 5.69 Å². The van der Waals surface area contributed by atoms with E-state index in [2.05, 4.69) is 132 Å². The van der Waals surface area contributed by atoms with Crippen LogP contribution in [-0.4, -0.2) is 4.57 Å². The second-order valence-corrected chi connectivity index (χ2v) is 7.46. The van der Waals surface area contributed by atoms with Crippen molar-refractivity contribution in [3.8, 4) is 33.6 Å². The highest BCUT2D eigenvalue weighted by molar-refractivity contribution is 5.87. The molecule has 5 aromatic rings. The normalized spacial score (nSPS) is 10.8. The fraction of sp³-hybridized carbons (Fsp3) is 0.0345. The molecule has 0 aliphatic carbocycles. The van der Waals surface area contributed by atoms with E-state index in [0.29, 0.717) is 0 Å². The minimum absolute atomic E-state index is 0.822. The molecule has 144 valence electrons. The summed E-state index contributed by atoms with van der Waals surface area (Å²) in [5.74, 6) is 0. The van der Waals surface area contributed by atoms with E-state index in [1.165, 1.54) is 39.2 Å². The second-order valence-electron chi connectivity index (χ2n) is 7.46. The Morgan fingerprint density at radius 3 is 1.50 bits per heavy atom. The fourth-order valence-corrected chi connectivity index (χ4v) is 4.07. The van der Waals surface area contributed by atoms with E-state index in [1.54, 1.807) is 0 Å². The minimum Gasteiger partial charge on any atom is -0.335 e. The largest absolute Gasteiger partial charge is 0.335 e. The molecule has 0 bridgehead atoms. The SMILES string of the molecule is c1ccc(Cn2c(-c3ccccc3)cc(-c3ccccc3)c2-c2ccccc2)cc1. The molecule has 1 aromatic heterocycles. The predicted molar refractivity (Wildman–Crippen MR) is 126 cm³/mol. The van der Waals surface area contributed by atoms with Crippen LogP contribution < -0.4 is 0 Å². The third-order valence-corrected chi connectivity index (χ3v) is 5.48. The van der Waals surface area contributed by atoms with E-state index < -0.39 is 0 Å². The quantitative estimate of drug-likeness (QED) is 0.294. The number of benzene rings is 4. The summed E-state index contributed by atoms with van der Waals surface area (Å²) in [7, 11) is 0. The maximum absolute atomic E-state index is 2.46. The van der Waals surface area contributed by atoms with E-state index in [0.717, 1.165) is 6.54 Å². The Balaban J connectivity index is 1.80. The van der Waals surface area contributed by atoms with E-state index in [9.17, 15) is 0 Å². The molecule has 5 rings (SSSR count). The molecule has 1 nitrogen and oxygen atoms in total. The van der Waals surface area contributed by atoms with Crippen molar-refractivity contribution in [1.29, 1.82) is 0 Å². The van der Waals surface area contributed by atoms with E-state index >= 15 is 0 Å². The van der Waals surface area contributed by atoms with Crippen molar-refractivity contribution in [2.75, 3.05) is 0 Å². The van der Waals surface area contributed by atoms with Crippen molar-refractivity contribution in [3.63, 3.8) is 0 Å². The van der Waals surface area contributed by atoms with Crippen molar-refractivity contribution in [2.45, 2.75) is 6.54 Å². The molecule has 1 heterocycles. The average Bonchev–Trinajstić information content (AvgIpc) is 3.20. The molecule has 30 heavy (non-hydrogen) atoms. The molecule has 0 fully saturated rings. The summed E-state index contributed by atoms with van der Waals surface area (Å²) in [6, 6.07) is 45.1. The van der Waals surface area contributed by atoms with Gasteiger partial charge in [0.15, 0.2) is 0 Å². The Morgan fingerprint density at radius 2 is 0.933 bits per heavy atom. The third-order valence-electron chi connectivity index (χ3n) is 5.48. The topological polar surface area (TPSA) is 4.93 Å². The molecule has 0 unspecified atom stereocenters. The van der Waals surface area contributed by atoms with Crippen LogP contribution >= 0.6 is 0 Å². The van der Waals surface area contributed by atoms with Gasteiger partial charge in [-0.3, -0.25) is 0 Å². The Labute approximate surface area is 177 Å². The maximum atomic E-state index is 2.46. The summed E-state index contributed by atoms with van der Waals surface area (Å²) in [5, 5.41) is 0. The Bertz CT molecular complexity index is 1220. The van der Waals surface area contributed by atoms with E-state index in [-0.39, 0.29) is 0 Å². The number of rotatable bonds is 5. The minimum atomic E-state index is 0.822. The highest BCUT2D eigenvalue weighted by Gasteiger charge is 2.19. The van der Waals surface area contributed by atoms with Crippen molar-refractivity contribution in [2.24, 2.45) is 0 Å². The first-order valence-corrected chi connectivity index (χ1v) is 10.3. The highest BCUT2D eigenvalue weighted by Crippen LogP contribution is 2.39. The zero-order chi connectivity index (χ0) is 20.2. The number of nitrogens with zero attached hydrogens (tertiary/aromatic N) is 1. The summed E-state index contributed by atoms with van der Waals surface area (Å²) in [5.41, 5.74) is 8.74. The molecule has 0 amide bonds. The van der Waals surface area contributed by atoms with E-state index in [4.69, 9.17) is 0 Å². The molecular weight excluding hydrogens is 362 g/mol. The summed E-state index contributed by atoms with van der Waals surface area (Å²) >= 11 is 0. The molecule has 0 radical (unpaired) electrons. The summed E-state index contributed by atoms with van der Waals surface area (Å²) in [6.45, 7) is 0.822. The summed E-state index contributed by atoms with van der Waals surface area (Å²) in [6.07, 6.45) is 0. The predicted octanol–water partition coefficient (Wildman–Crippen LogP) is 7.54. The highest BCUT2D eigenvalue weighted by atomic mass is 15.0. The molecule has 0 N–H and O–H groups in total. The standard InChI is InChI=1S/C29H23N/c1-5-13-23(14-6-1)22-30-28(25-17-9-3-10-18-25)21-27(24-15-7-2-8-16-24)29(30)26-19-11-4-12-20-26/h1-21H,22H2. The molecule has 0 aliphatic rings. The Morgan fingerprint density at radius 1 is 0.467 bits per heavy atom. The maximum Gasteiger partial charge on any atom is 0.0568 e. The molecule has 0 spiro atoms. The van der Waals surface area contributed by atoms with Crippen LogP contribution in [0.5, 0.6) is 0 Å². The van der Waals surface area contributed by atoms with Crippen LogP contribution in [0.3, 0.4) is 0 Å². The van der Waals surface area contributed by atoms with Gasteiger partial charge in [0.1, 0.15) is 0 Å². The van der Waals surface area contributed by atoms with Crippen molar-refractivity contribution in [3.05, 3.63) is 133 Å². The zero-order valence-electron chi connectivity index (χ0n) is 16.8. The van der Waals surface area contributed by atoms with Gasteiger partial charge in [0.2, 0.25) is 0 Å². The lowest BCUT2D eigenvalue weighted by Gasteiger charge is -2.16. The van der Waals surface area contributed by atoms with Gasteiger partial charge in [-0.2, -0.15) is 0 Å². The van der Waals surface area contributed by atoms with Gasteiger partial charge in [0, 0.05) is 17.8 Å². The Hall–Kier alpha value is -3.84. The molecule has 1 heteroatoms. The van der Waals surface area contributed by atoms with E-state index in [1.807, 2.05) is 0 Å².